The number of thiazole rings is 1. The molecule has 0 aliphatic carbocycles. The van der Waals surface area contributed by atoms with Crippen molar-refractivity contribution in [1.82, 2.24) is 4.98 Å². The van der Waals surface area contributed by atoms with Crippen molar-refractivity contribution in [3.05, 3.63) is 99.8 Å². The van der Waals surface area contributed by atoms with Gasteiger partial charge in [-0.2, -0.15) is 0 Å². The summed E-state index contributed by atoms with van der Waals surface area (Å²) in [6.45, 7) is 2.04. The van der Waals surface area contributed by atoms with Gasteiger partial charge in [0, 0.05) is 16.1 Å². The molecular formula is C26H18ClFN2O3S. The number of aliphatic hydroxyl groups is 1. The Morgan fingerprint density at radius 2 is 1.85 bits per heavy atom. The van der Waals surface area contributed by atoms with E-state index in [4.69, 9.17) is 11.6 Å². The lowest BCUT2D eigenvalue weighted by molar-refractivity contribution is -0.132. The van der Waals surface area contributed by atoms with E-state index in [0.29, 0.717) is 16.1 Å². The maximum atomic E-state index is 15.0. The SMILES string of the molecule is CCc1ccc2nc(N3C(=O)C(=O)C(=C(O)c4ccc(Cl)cc4)C3c3ccccc3F)sc2c1. The summed E-state index contributed by atoms with van der Waals surface area (Å²) in [6, 6.07) is 16.7. The average Bonchev–Trinajstić information content (AvgIpc) is 3.37. The van der Waals surface area contributed by atoms with E-state index in [1.165, 1.54) is 46.6 Å². The molecule has 3 aromatic carbocycles. The van der Waals surface area contributed by atoms with Crippen molar-refractivity contribution in [2.75, 3.05) is 4.90 Å². The second-order valence-corrected chi connectivity index (χ2v) is 9.30. The lowest BCUT2D eigenvalue weighted by Crippen LogP contribution is -2.29. The van der Waals surface area contributed by atoms with Crippen LogP contribution in [0.5, 0.6) is 0 Å². The summed E-state index contributed by atoms with van der Waals surface area (Å²) in [4.78, 5) is 32.2. The third kappa shape index (κ3) is 3.67. The lowest BCUT2D eigenvalue weighted by atomic mass is 9.95. The monoisotopic (exact) mass is 492 g/mol. The Morgan fingerprint density at radius 1 is 1.12 bits per heavy atom. The zero-order chi connectivity index (χ0) is 24.0. The van der Waals surface area contributed by atoms with Crippen molar-refractivity contribution in [2.45, 2.75) is 19.4 Å². The fourth-order valence-electron chi connectivity index (χ4n) is 4.06. The minimum Gasteiger partial charge on any atom is -0.507 e. The van der Waals surface area contributed by atoms with E-state index >= 15 is 0 Å². The predicted octanol–water partition coefficient (Wildman–Crippen LogP) is 6.28. The van der Waals surface area contributed by atoms with Gasteiger partial charge in [0.2, 0.25) is 0 Å². The third-order valence-corrected chi connectivity index (χ3v) is 7.09. The molecule has 1 aliphatic rings. The van der Waals surface area contributed by atoms with E-state index in [1.807, 2.05) is 25.1 Å². The van der Waals surface area contributed by atoms with Crippen LogP contribution in [0.4, 0.5) is 9.52 Å². The summed E-state index contributed by atoms with van der Waals surface area (Å²) in [5.74, 6) is -2.79. The van der Waals surface area contributed by atoms with Crippen molar-refractivity contribution in [1.29, 1.82) is 0 Å². The number of Topliss-reactive ketones (excluding diaryl/α,β-unsaturated/α-hetero) is 1. The van der Waals surface area contributed by atoms with Crippen LogP contribution in [0.25, 0.3) is 16.0 Å². The Bertz CT molecular complexity index is 1480. The largest absolute Gasteiger partial charge is 0.507 e. The van der Waals surface area contributed by atoms with Gasteiger partial charge in [-0.05, 0) is 54.4 Å². The first-order chi connectivity index (χ1) is 16.4. The molecule has 1 saturated heterocycles. The number of carbonyl (C=O) groups is 2. The van der Waals surface area contributed by atoms with Gasteiger partial charge in [-0.25, -0.2) is 9.37 Å². The number of halogens is 2. The predicted molar refractivity (Wildman–Crippen MR) is 132 cm³/mol. The standard InChI is InChI=1S/C26H18ClFN2O3S/c1-2-14-7-12-19-20(13-14)34-26(29-19)30-22(17-5-3-4-6-18(17)28)21(24(32)25(30)33)23(31)15-8-10-16(27)11-9-15/h3-13,22,31H,2H2,1H3. The minimum atomic E-state index is -1.18. The van der Waals surface area contributed by atoms with Gasteiger partial charge in [0.25, 0.3) is 5.78 Å². The summed E-state index contributed by atoms with van der Waals surface area (Å²) in [7, 11) is 0. The number of hydrogen-bond acceptors (Lipinski definition) is 5. The Hall–Kier alpha value is -3.55. The number of anilines is 1. The molecule has 1 unspecified atom stereocenters. The molecule has 0 radical (unpaired) electrons. The van der Waals surface area contributed by atoms with Gasteiger partial charge in [0.05, 0.1) is 15.8 Å². The Labute approximate surface area is 203 Å². The van der Waals surface area contributed by atoms with Crippen molar-refractivity contribution < 1.29 is 19.1 Å². The van der Waals surface area contributed by atoms with E-state index < -0.39 is 29.3 Å². The van der Waals surface area contributed by atoms with Gasteiger partial charge in [-0.15, -0.1) is 0 Å². The Balaban J connectivity index is 1.73. The fourth-order valence-corrected chi connectivity index (χ4v) is 5.25. The molecule has 5 rings (SSSR count). The van der Waals surface area contributed by atoms with Gasteiger partial charge >= 0.3 is 5.91 Å². The highest BCUT2D eigenvalue weighted by atomic mass is 35.5. The van der Waals surface area contributed by atoms with Crippen LogP contribution in [0.2, 0.25) is 5.02 Å². The van der Waals surface area contributed by atoms with Crippen LogP contribution in [0.1, 0.15) is 29.7 Å². The van der Waals surface area contributed by atoms with Crippen molar-refractivity contribution in [3.63, 3.8) is 0 Å². The molecule has 8 heteroatoms. The molecule has 1 atom stereocenters. The molecule has 5 nitrogen and oxygen atoms in total. The topological polar surface area (TPSA) is 70.5 Å². The van der Waals surface area contributed by atoms with Gasteiger partial charge < -0.3 is 5.11 Å². The van der Waals surface area contributed by atoms with Crippen LogP contribution >= 0.6 is 22.9 Å². The van der Waals surface area contributed by atoms with E-state index in [9.17, 15) is 19.1 Å². The summed E-state index contributed by atoms with van der Waals surface area (Å²) in [6.07, 6.45) is 0.837. The number of fused-ring (bicyclic) bond motifs is 1. The number of nitrogens with zero attached hydrogens (tertiary/aromatic N) is 2. The van der Waals surface area contributed by atoms with Crippen LogP contribution in [-0.4, -0.2) is 21.8 Å². The molecule has 1 amide bonds. The van der Waals surface area contributed by atoms with E-state index in [1.54, 1.807) is 18.2 Å². The summed E-state index contributed by atoms with van der Waals surface area (Å²) in [5.41, 5.74) is 1.96. The van der Waals surface area contributed by atoms with Crippen LogP contribution in [0, 0.1) is 5.82 Å². The average molecular weight is 493 g/mol. The van der Waals surface area contributed by atoms with Crippen molar-refractivity contribution in [2.24, 2.45) is 0 Å². The fraction of sp³-hybridized carbons (Fsp3) is 0.115. The number of benzene rings is 3. The van der Waals surface area contributed by atoms with E-state index in [0.717, 1.165) is 16.7 Å². The lowest BCUT2D eigenvalue weighted by Gasteiger charge is -2.23. The number of carbonyl (C=O) groups excluding carboxylic acids is 2. The maximum absolute atomic E-state index is 15.0. The first kappa shape index (κ1) is 22.3. The number of ketones is 1. The molecule has 34 heavy (non-hydrogen) atoms. The summed E-state index contributed by atoms with van der Waals surface area (Å²) >= 11 is 7.20. The molecule has 4 aromatic rings. The Kier molecular flexibility index (Phi) is 5.67. The molecule has 170 valence electrons. The number of rotatable bonds is 4. The summed E-state index contributed by atoms with van der Waals surface area (Å²) in [5, 5.41) is 11.8. The highest BCUT2D eigenvalue weighted by molar-refractivity contribution is 7.22. The number of hydrogen-bond donors (Lipinski definition) is 1. The van der Waals surface area contributed by atoms with Gasteiger partial charge in [-0.3, -0.25) is 14.5 Å². The number of amides is 1. The van der Waals surface area contributed by atoms with Crippen molar-refractivity contribution in [3.8, 4) is 0 Å². The molecular weight excluding hydrogens is 475 g/mol. The smallest absolute Gasteiger partial charge is 0.301 e. The molecule has 0 bridgehead atoms. The van der Waals surface area contributed by atoms with Crippen LogP contribution in [0.3, 0.4) is 0 Å². The van der Waals surface area contributed by atoms with Crippen molar-refractivity contribution >= 4 is 55.7 Å². The third-order valence-electron chi connectivity index (χ3n) is 5.82. The van der Waals surface area contributed by atoms with Crippen LogP contribution < -0.4 is 4.90 Å². The first-order valence-corrected chi connectivity index (χ1v) is 11.8. The number of aryl methyl sites for hydroxylation is 1. The number of aliphatic hydroxyl groups excluding tert-OH is 1. The molecule has 1 N–H and O–H groups in total. The maximum Gasteiger partial charge on any atom is 0.301 e. The second-order valence-electron chi connectivity index (χ2n) is 7.85. The van der Waals surface area contributed by atoms with Gasteiger partial charge in [0.1, 0.15) is 17.6 Å². The quantitative estimate of drug-likeness (QED) is 0.207. The van der Waals surface area contributed by atoms with Crippen LogP contribution in [0.15, 0.2) is 72.3 Å². The first-order valence-electron chi connectivity index (χ1n) is 10.6. The highest BCUT2D eigenvalue weighted by Crippen LogP contribution is 2.45. The highest BCUT2D eigenvalue weighted by Gasteiger charge is 2.49. The second kappa shape index (κ2) is 8.66. The molecule has 0 saturated carbocycles. The normalized spacial score (nSPS) is 17.6. The van der Waals surface area contributed by atoms with Gasteiger partial charge in [0.15, 0.2) is 5.13 Å². The zero-order valence-corrected chi connectivity index (χ0v) is 19.5. The molecule has 1 aliphatic heterocycles. The van der Waals surface area contributed by atoms with Crippen LogP contribution in [-0.2, 0) is 16.0 Å². The van der Waals surface area contributed by atoms with Gasteiger partial charge in [-0.1, -0.05) is 54.1 Å². The van der Waals surface area contributed by atoms with E-state index in [2.05, 4.69) is 4.98 Å². The molecule has 1 fully saturated rings. The summed E-state index contributed by atoms with van der Waals surface area (Å²) < 4.78 is 15.8. The molecule has 1 aromatic heterocycles. The molecule has 0 spiro atoms. The van der Waals surface area contributed by atoms with E-state index in [-0.39, 0.29) is 16.3 Å². The zero-order valence-electron chi connectivity index (χ0n) is 18.0. The number of aromatic nitrogens is 1. The molecule has 2 heterocycles. The Morgan fingerprint density at radius 3 is 2.56 bits per heavy atom. The minimum absolute atomic E-state index is 0.0886.